The quantitative estimate of drug-likeness (QED) is 0.453. The topological polar surface area (TPSA) is 49.2 Å². The molecule has 0 atom stereocenters. The molecule has 3 rings (SSSR count). The largest absolute Gasteiger partial charge is 0.497 e. The first-order chi connectivity index (χ1) is 12.7. The van der Waals surface area contributed by atoms with Crippen LogP contribution in [0.5, 0.6) is 11.5 Å². The van der Waals surface area contributed by atoms with Gasteiger partial charge in [-0.3, -0.25) is 4.57 Å². The predicted octanol–water partition coefficient (Wildman–Crippen LogP) is 4.54. The zero-order chi connectivity index (χ0) is 18.5. The lowest BCUT2D eigenvalue weighted by molar-refractivity contribution is 0.394. The lowest BCUT2D eigenvalue weighted by Crippen LogP contribution is -2.00. The maximum Gasteiger partial charge on any atom is 0.196 e. The van der Waals surface area contributed by atoms with Crippen LogP contribution in [-0.2, 0) is 0 Å². The Kier molecular flexibility index (Phi) is 5.63. The van der Waals surface area contributed by atoms with Gasteiger partial charge in [-0.05, 0) is 31.2 Å². The maximum atomic E-state index is 5.40. The molecule has 0 unspecified atom stereocenters. The molecule has 5 nitrogen and oxygen atoms in total. The molecule has 2 aromatic carbocycles. The minimum Gasteiger partial charge on any atom is -0.497 e. The Balaban J connectivity index is 2.17. The number of aromatic nitrogens is 3. The Labute approximate surface area is 157 Å². The van der Waals surface area contributed by atoms with Crippen LogP contribution < -0.4 is 9.47 Å². The molecule has 0 aliphatic carbocycles. The van der Waals surface area contributed by atoms with E-state index < -0.39 is 0 Å². The number of thioether (sulfide) groups is 1. The lowest BCUT2D eigenvalue weighted by Gasteiger charge is -2.12. The molecular weight excluding hydrogens is 346 g/mol. The summed E-state index contributed by atoms with van der Waals surface area (Å²) in [6.07, 6.45) is 1.85. The normalized spacial score (nSPS) is 10.6. The Bertz CT molecular complexity index is 882. The second-order valence-corrected chi connectivity index (χ2v) is 6.67. The van der Waals surface area contributed by atoms with E-state index in [1.54, 1.807) is 26.0 Å². The summed E-state index contributed by atoms with van der Waals surface area (Å²) in [4.78, 5) is 0. The van der Waals surface area contributed by atoms with Gasteiger partial charge in [0, 0.05) is 23.1 Å². The van der Waals surface area contributed by atoms with Crippen LogP contribution in [0, 0.1) is 6.92 Å². The van der Waals surface area contributed by atoms with Crippen molar-refractivity contribution in [2.75, 3.05) is 20.0 Å². The molecule has 26 heavy (non-hydrogen) atoms. The van der Waals surface area contributed by atoms with E-state index in [0.717, 1.165) is 28.0 Å². The van der Waals surface area contributed by atoms with Crippen molar-refractivity contribution < 1.29 is 9.47 Å². The van der Waals surface area contributed by atoms with Crippen molar-refractivity contribution in [3.63, 3.8) is 0 Å². The van der Waals surface area contributed by atoms with Crippen LogP contribution in [0.25, 0.3) is 17.1 Å². The Morgan fingerprint density at radius 2 is 1.69 bits per heavy atom. The first kappa shape index (κ1) is 18.1. The molecule has 0 saturated carbocycles. The summed E-state index contributed by atoms with van der Waals surface area (Å²) in [5, 5.41) is 9.63. The highest BCUT2D eigenvalue weighted by molar-refractivity contribution is 7.99. The van der Waals surface area contributed by atoms with Gasteiger partial charge >= 0.3 is 0 Å². The summed E-state index contributed by atoms with van der Waals surface area (Å²) in [7, 11) is 3.27. The standard InChI is InChI=1S/C20H21N3O2S/c1-5-10-26-20-22-21-19(23(20)16-8-6-14(2)7-9-16)15-11-17(24-3)13-18(12-15)25-4/h5-9,11-13H,1,10H2,2-4H3. The minimum atomic E-state index is 0.707. The number of ether oxygens (including phenoxy) is 2. The molecule has 0 radical (unpaired) electrons. The van der Waals surface area contributed by atoms with Crippen molar-refractivity contribution >= 4 is 11.8 Å². The number of hydrogen-bond donors (Lipinski definition) is 0. The van der Waals surface area contributed by atoms with E-state index in [1.807, 2.05) is 28.8 Å². The molecule has 3 aromatic rings. The number of nitrogens with zero attached hydrogens (tertiary/aromatic N) is 3. The van der Waals surface area contributed by atoms with Crippen LogP contribution >= 0.6 is 11.8 Å². The average Bonchev–Trinajstić information content (AvgIpc) is 3.10. The SMILES string of the molecule is C=CCSc1nnc(-c2cc(OC)cc(OC)c2)n1-c1ccc(C)cc1. The molecule has 0 aliphatic heterocycles. The maximum absolute atomic E-state index is 5.40. The van der Waals surface area contributed by atoms with Gasteiger partial charge in [0.2, 0.25) is 0 Å². The number of hydrogen-bond acceptors (Lipinski definition) is 5. The van der Waals surface area contributed by atoms with Gasteiger partial charge < -0.3 is 9.47 Å². The summed E-state index contributed by atoms with van der Waals surface area (Å²) in [5.74, 6) is 2.90. The highest BCUT2D eigenvalue weighted by atomic mass is 32.2. The van der Waals surface area contributed by atoms with Crippen LogP contribution in [0.1, 0.15) is 5.56 Å². The molecule has 0 fully saturated rings. The highest BCUT2D eigenvalue weighted by Crippen LogP contribution is 2.32. The van der Waals surface area contributed by atoms with Crippen molar-refractivity contribution in [3.8, 4) is 28.6 Å². The van der Waals surface area contributed by atoms with E-state index >= 15 is 0 Å². The van der Waals surface area contributed by atoms with Crippen LogP contribution in [0.4, 0.5) is 0 Å². The van der Waals surface area contributed by atoms with Gasteiger partial charge in [0.15, 0.2) is 11.0 Å². The van der Waals surface area contributed by atoms with Gasteiger partial charge in [-0.15, -0.1) is 16.8 Å². The first-order valence-corrected chi connectivity index (χ1v) is 9.14. The van der Waals surface area contributed by atoms with Crippen LogP contribution in [0.2, 0.25) is 0 Å². The van der Waals surface area contributed by atoms with Crippen LogP contribution in [0.3, 0.4) is 0 Å². The molecule has 0 amide bonds. The molecule has 1 aromatic heterocycles. The molecule has 0 N–H and O–H groups in total. The third-order valence-electron chi connectivity index (χ3n) is 3.87. The van der Waals surface area contributed by atoms with Crippen LogP contribution in [-0.4, -0.2) is 34.7 Å². The van der Waals surface area contributed by atoms with E-state index in [1.165, 1.54) is 5.56 Å². The summed E-state index contributed by atoms with van der Waals surface area (Å²) in [5.41, 5.74) is 3.08. The van der Waals surface area contributed by atoms with Crippen molar-refractivity contribution in [1.82, 2.24) is 14.8 Å². The number of aryl methyl sites for hydroxylation is 1. The van der Waals surface area contributed by atoms with Gasteiger partial charge in [0.25, 0.3) is 0 Å². The molecule has 0 saturated heterocycles. The zero-order valence-corrected chi connectivity index (χ0v) is 15.9. The summed E-state index contributed by atoms with van der Waals surface area (Å²) < 4.78 is 12.8. The van der Waals surface area contributed by atoms with E-state index in [9.17, 15) is 0 Å². The predicted molar refractivity (Wildman–Crippen MR) is 106 cm³/mol. The fourth-order valence-electron chi connectivity index (χ4n) is 2.55. The molecule has 0 spiro atoms. The van der Waals surface area contributed by atoms with Gasteiger partial charge in [0.1, 0.15) is 11.5 Å². The van der Waals surface area contributed by atoms with E-state index in [2.05, 4.69) is 48.0 Å². The van der Waals surface area contributed by atoms with E-state index in [0.29, 0.717) is 11.5 Å². The summed E-state index contributed by atoms with van der Waals surface area (Å²) in [6, 6.07) is 14.0. The third kappa shape index (κ3) is 3.75. The number of methoxy groups -OCH3 is 2. The van der Waals surface area contributed by atoms with E-state index in [-0.39, 0.29) is 0 Å². The van der Waals surface area contributed by atoms with Crippen molar-refractivity contribution in [1.29, 1.82) is 0 Å². The van der Waals surface area contributed by atoms with E-state index in [4.69, 9.17) is 9.47 Å². The zero-order valence-electron chi connectivity index (χ0n) is 15.1. The lowest BCUT2D eigenvalue weighted by atomic mass is 10.1. The Hall–Kier alpha value is -2.73. The molecule has 0 aliphatic rings. The summed E-state index contributed by atoms with van der Waals surface area (Å²) in [6.45, 7) is 5.86. The number of rotatable bonds is 7. The first-order valence-electron chi connectivity index (χ1n) is 8.16. The van der Waals surface area contributed by atoms with Crippen molar-refractivity contribution in [2.45, 2.75) is 12.1 Å². The second-order valence-electron chi connectivity index (χ2n) is 5.68. The average molecular weight is 367 g/mol. The van der Waals surface area contributed by atoms with Gasteiger partial charge in [-0.25, -0.2) is 0 Å². The fraction of sp³-hybridized carbons (Fsp3) is 0.200. The molecule has 0 bridgehead atoms. The van der Waals surface area contributed by atoms with Gasteiger partial charge in [-0.1, -0.05) is 35.5 Å². The fourth-order valence-corrected chi connectivity index (χ4v) is 3.23. The highest BCUT2D eigenvalue weighted by Gasteiger charge is 2.17. The monoisotopic (exact) mass is 367 g/mol. The molecule has 1 heterocycles. The van der Waals surface area contributed by atoms with Crippen molar-refractivity contribution in [2.24, 2.45) is 0 Å². The smallest absolute Gasteiger partial charge is 0.196 e. The third-order valence-corrected chi connectivity index (χ3v) is 4.79. The minimum absolute atomic E-state index is 0.707. The molecule has 134 valence electrons. The number of benzene rings is 2. The summed E-state index contributed by atoms with van der Waals surface area (Å²) >= 11 is 1.59. The van der Waals surface area contributed by atoms with Crippen molar-refractivity contribution in [3.05, 3.63) is 60.7 Å². The Morgan fingerprint density at radius 1 is 1.04 bits per heavy atom. The van der Waals surface area contributed by atoms with Gasteiger partial charge in [0.05, 0.1) is 14.2 Å². The molecule has 6 heteroatoms. The Morgan fingerprint density at radius 3 is 2.27 bits per heavy atom. The van der Waals surface area contributed by atoms with Crippen LogP contribution in [0.15, 0.2) is 60.3 Å². The second kappa shape index (κ2) is 8.10. The molecular formula is C20H21N3O2S. The van der Waals surface area contributed by atoms with Gasteiger partial charge in [-0.2, -0.15) is 0 Å².